The van der Waals surface area contributed by atoms with Crippen LogP contribution in [0.1, 0.15) is 87.5 Å². The number of rotatable bonds is 3. The zero-order valence-corrected chi connectivity index (χ0v) is 29.2. The molecule has 0 aromatic heterocycles. The molecule has 10 atom stereocenters. The van der Waals surface area contributed by atoms with Gasteiger partial charge in [-0.15, -0.1) is 0 Å². The molecule has 254 valence electrons. The molecule has 0 aromatic carbocycles. The quantitative estimate of drug-likeness (QED) is 0.202. The van der Waals surface area contributed by atoms with Gasteiger partial charge < -0.3 is 28.9 Å². The van der Waals surface area contributed by atoms with Crippen molar-refractivity contribution in [1.29, 1.82) is 0 Å². The SMILES string of the molecule is CO/N=C1\CC2(C[C@@H]3C[C@@H](C/C=C(\C)C[C@@H](C)/C=C/C=C4\CO[C@@H]5[C@H](C)C(C)=C[C@@H](C(=O)O3)[C@]45O)O2)O[C@H](/C(C)=C/C(C)C)[C@H]1C. The summed E-state index contributed by atoms with van der Waals surface area (Å²) < 4.78 is 26.4. The van der Waals surface area contributed by atoms with Gasteiger partial charge in [-0.3, -0.25) is 4.79 Å². The summed E-state index contributed by atoms with van der Waals surface area (Å²) in [5.74, 6) is -1.79. The number of oxime groups is 1. The number of esters is 1. The molecule has 1 unspecified atom stereocenters. The summed E-state index contributed by atoms with van der Waals surface area (Å²) in [5.41, 5.74) is 3.48. The Bertz CT molecular complexity index is 1340. The Balaban J connectivity index is 1.55. The van der Waals surface area contributed by atoms with E-state index in [4.69, 9.17) is 23.8 Å². The van der Waals surface area contributed by atoms with Crippen molar-refractivity contribution in [3.63, 3.8) is 0 Å². The summed E-state index contributed by atoms with van der Waals surface area (Å²) >= 11 is 0. The molecule has 1 N–H and O–H groups in total. The molecular formula is C38H55NO7. The summed E-state index contributed by atoms with van der Waals surface area (Å²) in [6, 6.07) is 0. The number of allylic oxidation sites excluding steroid dienone is 5. The van der Waals surface area contributed by atoms with E-state index in [0.717, 1.165) is 23.3 Å². The highest BCUT2D eigenvalue weighted by molar-refractivity contribution is 5.88. The Kier molecular flexibility index (Phi) is 10.5. The average molecular weight is 638 g/mol. The maximum Gasteiger partial charge on any atom is 0.316 e. The number of nitrogens with zero attached hydrogens (tertiary/aromatic N) is 1. The van der Waals surface area contributed by atoms with Crippen molar-refractivity contribution in [2.45, 2.75) is 123 Å². The lowest BCUT2D eigenvalue weighted by molar-refractivity contribution is -0.313. The third kappa shape index (κ3) is 7.01. The van der Waals surface area contributed by atoms with Gasteiger partial charge >= 0.3 is 5.97 Å². The molecule has 8 nitrogen and oxygen atoms in total. The first-order chi connectivity index (χ1) is 21.8. The molecule has 3 fully saturated rings. The van der Waals surface area contributed by atoms with Crippen molar-refractivity contribution in [2.75, 3.05) is 13.7 Å². The maximum atomic E-state index is 14.2. The van der Waals surface area contributed by atoms with Gasteiger partial charge in [0.05, 0.1) is 30.6 Å². The van der Waals surface area contributed by atoms with Gasteiger partial charge in [-0.2, -0.15) is 0 Å². The van der Waals surface area contributed by atoms with Crippen molar-refractivity contribution < 1.29 is 33.7 Å². The van der Waals surface area contributed by atoms with Gasteiger partial charge in [0.15, 0.2) is 5.79 Å². The van der Waals surface area contributed by atoms with Gasteiger partial charge in [-0.1, -0.05) is 87.4 Å². The topological polar surface area (TPSA) is 95.8 Å². The second-order valence-electron chi connectivity index (χ2n) is 14.9. The molecule has 1 aliphatic carbocycles. The molecule has 2 bridgehead atoms. The highest BCUT2D eigenvalue weighted by Crippen LogP contribution is 2.49. The molecule has 4 heterocycles. The highest BCUT2D eigenvalue weighted by atomic mass is 16.7. The third-order valence-electron chi connectivity index (χ3n) is 10.6. The van der Waals surface area contributed by atoms with Gasteiger partial charge in [0.25, 0.3) is 0 Å². The Labute approximate surface area is 275 Å². The van der Waals surface area contributed by atoms with Crippen LogP contribution < -0.4 is 0 Å². The molecule has 0 aromatic rings. The normalized spacial score (nSPS) is 44.5. The summed E-state index contributed by atoms with van der Waals surface area (Å²) in [6.07, 6.45) is 13.8. The second kappa shape index (κ2) is 13.9. The first kappa shape index (κ1) is 34.8. The van der Waals surface area contributed by atoms with Crippen LogP contribution in [0.25, 0.3) is 0 Å². The van der Waals surface area contributed by atoms with Gasteiger partial charge in [0.1, 0.15) is 24.7 Å². The lowest BCUT2D eigenvalue weighted by atomic mass is 9.68. The predicted octanol–water partition coefficient (Wildman–Crippen LogP) is 7.00. The minimum Gasteiger partial charge on any atom is -0.462 e. The lowest BCUT2D eigenvalue weighted by Crippen LogP contribution is -2.58. The molecule has 0 saturated carbocycles. The first-order valence-corrected chi connectivity index (χ1v) is 17.2. The van der Waals surface area contributed by atoms with Crippen molar-refractivity contribution in [2.24, 2.45) is 34.7 Å². The number of fused-ring (bicyclic) bond motifs is 2. The second-order valence-corrected chi connectivity index (χ2v) is 14.9. The zero-order valence-electron chi connectivity index (χ0n) is 29.2. The van der Waals surface area contributed by atoms with Crippen LogP contribution in [0.5, 0.6) is 0 Å². The summed E-state index contributed by atoms with van der Waals surface area (Å²) in [4.78, 5) is 19.5. The minimum atomic E-state index is -1.49. The van der Waals surface area contributed by atoms with Crippen LogP contribution in [-0.2, 0) is 28.6 Å². The summed E-state index contributed by atoms with van der Waals surface area (Å²) in [7, 11) is 1.56. The Morgan fingerprint density at radius 3 is 2.63 bits per heavy atom. The van der Waals surface area contributed by atoms with Gasteiger partial charge in [0.2, 0.25) is 0 Å². The Morgan fingerprint density at radius 2 is 1.91 bits per heavy atom. The average Bonchev–Trinajstić information content (AvgIpc) is 3.31. The molecule has 3 saturated heterocycles. The number of carbonyl (C=O) groups excluding carboxylic acids is 1. The van der Waals surface area contributed by atoms with Crippen LogP contribution in [-0.4, -0.2) is 66.3 Å². The van der Waals surface area contributed by atoms with E-state index in [9.17, 15) is 9.90 Å². The van der Waals surface area contributed by atoms with E-state index in [1.165, 1.54) is 5.57 Å². The van der Waals surface area contributed by atoms with Crippen LogP contribution in [0.4, 0.5) is 0 Å². The fraction of sp³-hybridized carbons (Fsp3) is 0.684. The zero-order chi connectivity index (χ0) is 33.4. The number of hydrogen-bond donors (Lipinski definition) is 1. The Morgan fingerprint density at radius 1 is 1.15 bits per heavy atom. The molecule has 5 aliphatic rings. The molecule has 1 spiro atoms. The van der Waals surface area contributed by atoms with Crippen molar-refractivity contribution >= 4 is 11.7 Å². The molecule has 0 amide bonds. The van der Waals surface area contributed by atoms with E-state index in [1.807, 2.05) is 32.1 Å². The molecule has 8 heteroatoms. The number of aliphatic hydroxyl groups is 1. The van der Waals surface area contributed by atoms with E-state index in [-0.39, 0.29) is 30.7 Å². The predicted molar refractivity (Wildman–Crippen MR) is 179 cm³/mol. The largest absolute Gasteiger partial charge is 0.462 e. The standard InChI is InChI=1S/C38H55NO7/c1-22(2)15-26(6)34-28(8)33(39-42-9)20-37(46-34)19-31-18-30(45-37)14-13-24(4)16-23(3)11-10-12-29-21-43-35-27(7)25(5)17-32(36(40)44-31)38(29,35)41/h10-13,15,17,22-23,27-28,30-32,34-35,41H,14,16,18-21H2,1-9H3/b11-10+,24-13+,26-15+,29-12+,39-33+/t23-,27+,28-,30+,31-,32-,34+,35+,37?,38+/m0/s1. The number of carbonyl (C=O) groups is 1. The van der Waals surface area contributed by atoms with Crippen molar-refractivity contribution in [1.82, 2.24) is 0 Å². The van der Waals surface area contributed by atoms with E-state index in [0.29, 0.717) is 43.1 Å². The smallest absolute Gasteiger partial charge is 0.316 e. The minimum absolute atomic E-state index is 0.0103. The monoisotopic (exact) mass is 637 g/mol. The fourth-order valence-corrected chi connectivity index (χ4v) is 8.18. The van der Waals surface area contributed by atoms with E-state index < -0.39 is 35.5 Å². The lowest BCUT2D eigenvalue weighted by Gasteiger charge is -2.50. The molecular weight excluding hydrogens is 582 g/mol. The van der Waals surface area contributed by atoms with E-state index >= 15 is 0 Å². The van der Waals surface area contributed by atoms with Crippen LogP contribution in [0, 0.1) is 29.6 Å². The summed E-state index contributed by atoms with van der Waals surface area (Å²) in [5, 5.41) is 16.8. The van der Waals surface area contributed by atoms with Gasteiger partial charge in [-0.05, 0) is 56.6 Å². The summed E-state index contributed by atoms with van der Waals surface area (Å²) in [6.45, 7) is 17.2. The van der Waals surface area contributed by atoms with Gasteiger partial charge in [-0.25, -0.2) is 0 Å². The molecule has 46 heavy (non-hydrogen) atoms. The maximum absolute atomic E-state index is 14.2. The molecule has 4 aliphatic heterocycles. The number of ether oxygens (including phenoxy) is 4. The van der Waals surface area contributed by atoms with Crippen molar-refractivity contribution in [3.05, 3.63) is 58.7 Å². The number of hydrogen-bond acceptors (Lipinski definition) is 8. The van der Waals surface area contributed by atoms with Crippen LogP contribution in [0.3, 0.4) is 0 Å². The first-order valence-electron chi connectivity index (χ1n) is 17.2. The van der Waals surface area contributed by atoms with Gasteiger partial charge in [0, 0.05) is 31.1 Å². The molecule has 0 radical (unpaired) electrons. The highest BCUT2D eigenvalue weighted by Gasteiger charge is 2.59. The Hall–Kier alpha value is -2.52. The van der Waals surface area contributed by atoms with Crippen LogP contribution in [0.15, 0.2) is 63.9 Å². The van der Waals surface area contributed by atoms with Crippen LogP contribution in [0.2, 0.25) is 0 Å². The van der Waals surface area contributed by atoms with Crippen molar-refractivity contribution in [3.8, 4) is 0 Å². The third-order valence-corrected chi connectivity index (χ3v) is 10.6. The molecule has 5 rings (SSSR count). The fourth-order valence-electron chi connectivity index (χ4n) is 8.18. The van der Waals surface area contributed by atoms with E-state index in [2.05, 4.69) is 64.9 Å². The van der Waals surface area contributed by atoms with E-state index in [1.54, 1.807) is 7.11 Å². The van der Waals surface area contributed by atoms with Crippen LogP contribution >= 0.6 is 0 Å².